The molecule has 0 heterocycles. The molecular formula is C15H25N2O2P. The van der Waals surface area contributed by atoms with Gasteiger partial charge in [-0.05, 0) is 0 Å². The van der Waals surface area contributed by atoms with Crippen molar-refractivity contribution < 1.29 is 9.09 Å². The first-order valence-corrected chi connectivity index (χ1v) is 7.93. The molecule has 0 aromatic rings. The van der Waals surface area contributed by atoms with Crippen LogP contribution in [0.4, 0.5) is 0 Å². The van der Waals surface area contributed by atoms with Gasteiger partial charge < -0.3 is 4.52 Å². The molecule has 0 aliphatic rings. The molecule has 0 fully saturated rings. The monoisotopic (exact) mass is 296 g/mol. The molecule has 0 atom stereocenters. The van der Waals surface area contributed by atoms with Crippen LogP contribution in [-0.2, 0) is 9.09 Å². The van der Waals surface area contributed by atoms with Crippen LogP contribution >= 0.6 is 7.67 Å². The highest BCUT2D eigenvalue weighted by molar-refractivity contribution is 7.54. The largest absolute Gasteiger partial charge is 0.347 e. The second kappa shape index (κ2) is 10.6. The van der Waals surface area contributed by atoms with Crippen molar-refractivity contribution in [2.45, 2.75) is 0 Å². The van der Waals surface area contributed by atoms with Crippen LogP contribution in [0, 0.1) is 0 Å². The van der Waals surface area contributed by atoms with E-state index in [1.807, 2.05) is 0 Å². The van der Waals surface area contributed by atoms with E-state index < -0.39 is 7.67 Å². The van der Waals surface area contributed by atoms with Crippen molar-refractivity contribution in [3.05, 3.63) is 63.3 Å². The van der Waals surface area contributed by atoms with Gasteiger partial charge in [0.2, 0.25) is 0 Å². The second-order valence-electron chi connectivity index (χ2n) is 3.97. The Labute approximate surface area is 123 Å². The lowest BCUT2D eigenvalue weighted by Crippen LogP contribution is -2.34. The highest BCUT2D eigenvalue weighted by Gasteiger charge is 2.36. The molecule has 0 rings (SSSR count). The maximum absolute atomic E-state index is 13.3. The molecule has 0 aromatic carbocycles. The third-order valence-corrected chi connectivity index (χ3v) is 5.00. The third kappa shape index (κ3) is 5.43. The zero-order valence-corrected chi connectivity index (χ0v) is 13.0. The summed E-state index contributed by atoms with van der Waals surface area (Å²) in [5.41, 5.74) is 0. The quantitative estimate of drug-likeness (QED) is 0.384. The fourth-order valence-corrected chi connectivity index (χ4v) is 3.92. The lowest BCUT2D eigenvalue weighted by atomic mass is 10.5. The van der Waals surface area contributed by atoms with Gasteiger partial charge in [0.05, 0.1) is 6.61 Å². The molecule has 0 N–H and O–H groups in total. The van der Waals surface area contributed by atoms with E-state index in [0.717, 1.165) is 0 Å². The summed E-state index contributed by atoms with van der Waals surface area (Å²) in [4.78, 5) is 0. The molecule has 112 valence electrons. The van der Waals surface area contributed by atoms with Gasteiger partial charge in [-0.25, -0.2) is 9.34 Å². The van der Waals surface area contributed by atoms with E-state index in [0.29, 0.717) is 26.2 Å². The predicted octanol–water partition coefficient (Wildman–Crippen LogP) is 3.65. The van der Waals surface area contributed by atoms with Crippen LogP contribution in [-0.4, -0.2) is 42.1 Å². The minimum Gasteiger partial charge on any atom is -0.302 e. The van der Waals surface area contributed by atoms with Crippen LogP contribution < -0.4 is 0 Å². The van der Waals surface area contributed by atoms with Crippen LogP contribution in [0.1, 0.15) is 0 Å². The lowest BCUT2D eigenvalue weighted by Gasteiger charge is -2.36. The van der Waals surface area contributed by atoms with Crippen molar-refractivity contribution in [1.29, 1.82) is 0 Å². The van der Waals surface area contributed by atoms with E-state index in [4.69, 9.17) is 4.52 Å². The van der Waals surface area contributed by atoms with Gasteiger partial charge in [0, 0.05) is 26.2 Å². The fraction of sp³-hybridized carbons (Fsp3) is 0.333. The van der Waals surface area contributed by atoms with E-state index in [1.165, 1.54) is 0 Å². The number of rotatable bonds is 13. The van der Waals surface area contributed by atoms with E-state index >= 15 is 0 Å². The molecule has 0 spiro atoms. The SMILES string of the molecule is C=CCOP(=O)(N(CC=C)CC=C)N(CC=C)CC=C. The topological polar surface area (TPSA) is 32.8 Å². The molecule has 0 aliphatic heterocycles. The Morgan fingerprint density at radius 1 is 0.750 bits per heavy atom. The summed E-state index contributed by atoms with van der Waals surface area (Å²) < 4.78 is 22.4. The highest BCUT2D eigenvalue weighted by atomic mass is 31.2. The van der Waals surface area contributed by atoms with Crippen molar-refractivity contribution in [1.82, 2.24) is 9.34 Å². The van der Waals surface area contributed by atoms with Crippen molar-refractivity contribution >= 4 is 7.67 Å². The lowest BCUT2D eigenvalue weighted by molar-refractivity contribution is 0.246. The predicted molar refractivity (Wildman–Crippen MR) is 87.7 cm³/mol. The highest BCUT2D eigenvalue weighted by Crippen LogP contribution is 2.54. The van der Waals surface area contributed by atoms with E-state index in [2.05, 4.69) is 32.9 Å². The molecule has 4 nitrogen and oxygen atoms in total. The molecule has 5 heteroatoms. The van der Waals surface area contributed by atoms with Crippen molar-refractivity contribution in [3.63, 3.8) is 0 Å². The van der Waals surface area contributed by atoms with Gasteiger partial charge in [0.1, 0.15) is 0 Å². The molecule has 0 saturated heterocycles. The Kier molecular flexibility index (Phi) is 9.95. The van der Waals surface area contributed by atoms with Gasteiger partial charge in [-0.2, -0.15) is 0 Å². The Morgan fingerprint density at radius 3 is 1.35 bits per heavy atom. The summed E-state index contributed by atoms with van der Waals surface area (Å²) in [6.07, 6.45) is 8.33. The Balaban J connectivity index is 5.47. The normalized spacial score (nSPS) is 11.3. The summed E-state index contributed by atoms with van der Waals surface area (Å²) in [5.74, 6) is 0. The van der Waals surface area contributed by atoms with Crippen molar-refractivity contribution in [2.75, 3.05) is 32.8 Å². The molecule has 20 heavy (non-hydrogen) atoms. The van der Waals surface area contributed by atoms with Gasteiger partial charge in [0.25, 0.3) is 0 Å². The Morgan fingerprint density at radius 2 is 1.10 bits per heavy atom. The third-order valence-electron chi connectivity index (χ3n) is 2.43. The van der Waals surface area contributed by atoms with Gasteiger partial charge in [0.15, 0.2) is 0 Å². The van der Waals surface area contributed by atoms with E-state index in [-0.39, 0.29) is 6.61 Å². The molecule has 0 unspecified atom stereocenters. The maximum atomic E-state index is 13.3. The summed E-state index contributed by atoms with van der Waals surface area (Å²) >= 11 is 0. The summed E-state index contributed by atoms with van der Waals surface area (Å²) in [5, 5.41) is 0. The minimum absolute atomic E-state index is 0.201. The first-order valence-electron chi connectivity index (χ1n) is 6.40. The van der Waals surface area contributed by atoms with Gasteiger partial charge in [-0.1, -0.05) is 30.4 Å². The zero-order valence-electron chi connectivity index (χ0n) is 12.1. The molecule has 0 radical (unpaired) electrons. The van der Waals surface area contributed by atoms with Crippen LogP contribution in [0.2, 0.25) is 0 Å². The van der Waals surface area contributed by atoms with Crippen molar-refractivity contribution in [3.8, 4) is 0 Å². The molecule has 0 aromatic heterocycles. The van der Waals surface area contributed by atoms with Crippen LogP contribution in [0.5, 0.6) is 0 Å². The van der Waals surface area contributed by atoms with Gasteiger partial charge in [-0.3, -0.25) is 4.57 Å². The summed E-state index contributed by atoms with van der Waals surface area (Å²) in [7, 11) is -3.21. The van der Waals surface area contributed by atoms with E-state index in [1.54, 1.807) is 39.7 Å². The first-order chi connectivity index (χ1) is 9.60. The van der Waals surface area contributed by atoms with Crippen LogP contribution in [0.25, 0.3) is 0 Å². The first kappa shape index (κ1) is 18.8. The van der Waals surface area contributed by atoms with Crippen LogP contribution in [0.3, 0.4) is 0 Å². The van der Waals surface area contributed by atoms with Gasteiger partial charge >= 0.3 is 7.67 Å². The average Bonchev–Trinajstić information content (AvgIpc) is 2.44. The second-order valence-corrected chi connectivity index (χ2v) is 6.34. The fourth-order valence-electron chi connectivity index (χ4n) is 1.65. The Hall–Kier alpha value is -1.19. The zero-order chi connectivity index (χ0) is 15.4. The molecule has 0 aliphatic carbocycles. The van der Waals surface area contributed by atoms with Gasteiger partial charge in [-0.15, -0.1) is 32.9 Å². The standard InChI is InChI=1S/C15H25N2O2P/c1-6-11-16(12-7-2)20(18,19-15-10-5)17(13-8-3)14-9-4/h6-10H,1-5,11-15H2. The van der Waals surface area contributed by atoms with Crippen molar-refractivity contribution in [2.24, 2.45) is 0 Å². The smallest absolute Gasteiger partial charge is 0.302 e. The molecule has 0 saturated carbocycles. The summed E-state index contributed by atoms with van der Waals surface area (Å²) in [6.45, 7) is 20.3. The summed E-state index contributed by atoms with van der Waals surface area (Å²) in [6, 6.07) is 0. The Bertz CT molecular complexity index is 345. The number of hydrogen-bond donors (Lipinski definition) is 0. The maximum Gasteiger partial charge on any atom is 0.347 e. The number of nitrogens with zero attached hydrogens (tertiary/aromatic N) is 2. The van der Waals surface area contributed by atoms with Crippen LogP contribution in [0.15, 0.2) is 63.3 Å². The number of hydrogen-bond acceptors (Lipinski definition) is 2. The molecule has 0 amide bonds. The minimum atomic E-state index is -3.21. The average molecular weight is 296 g/mol. The molecular weight excluding hydrogens is 271 g/mol. The molecule has 0 bridgehead atoms. The van der Waals surface area contributed by atoms with E-state index in [9.17, 15) is 4.57 Å².